The van der Waals surface area contributed by atoms with Crippen LogP contribution in [0.5, 0.6) is 0 Å². The van der Waals surface area contributed by atoms with Gasteiger partial charge in [0.2, 0.25) is 5.91 Å². The van der Waals surface area contributed by atoms with Crippen molar-refractivity contribution in [2.75, 3.05) is 6.54 Å². The van der Waals surface area contributed by atoms with E-state index in [1.54, 1.807) is 6.92 Å². The Balaban J connectivity index is 2.25. The van der Waals surface area contributed by atoms with Crippen molar-refractivity contribution in [2.24, 2.45) is 5.73 Å². The molecule has 1 unspecified atom stereocenters. The average Bonchev–Trinajstić information content (AvgIpc) is 2.36. The van der Waals surface area contributed by atoms with Crippen molar-refractivity contribution < 1.29 is 4.79 Å². The molecule has 1 atom stereocenters. The minimum absolute atomic E-state index is 0.105. The molecule has 17 heavy (non-hydrogen) atoms. The zero-order valence-electron chi connectivity index (χ0n) is 10.6. The summed E-state index contributed by atoms with van der Waals surface area (Å²) in [6.45, 7) is 5.29. The second-order valence-corrected chi connectivity index (χ2v) is 4.73. The quantitative estimate of drug-likeness (QED) is 0.847. The summed E-state index contributed by atoms with van der Waals surface area (Å²) < 4.78 is 0. The molecular weight excluding hydrogens is 212 g/mol. The molecule has 0 bridgehead atoms. The van der Waals surface area contributed by atoms with E-state index in [1.807, 2.05) is 4.90 Å². The van der Waals surface area contributed by atoms with Crippen molar-refractivity contribution in [1.29, 1.82) is 0 Å². The summed E-state index contributed by atoms with van der Waals surface area (Å²) in [5.41, 5.74) is 9.83. The molecule has 0 aliphatic carbocycles. The Hall–Kier alpha value is -1.35. The molecule has 0 saturated carbocycles. The van der Waals surface area contributed by atoms with E-state index in [-0.39, 0.29) is 11.9 Å². The number of carbonyl (C=O) groups is 1. The topological polar surface area (TPSA) is 46.3 Å². The van der Waals surface area contributed by atoms with E-state index in [0.717, 1.165) is 25.9 Å². The van der Waals surface area contributed by atoms with Crippen molar-refractivity contribution in [3.8, 4) is 0 Å². The summed E-state index contributed by atoms with van der Waals surface area (Å²) in [6.07, 6.45) is 1.89. The minimum atomic E-state index is 0.105. The number of nitrogens with zero attached hydrogens (tertiary/aromatic N) is 1. The fourth-order valence-corrected chi connectivity index (χ4v) is 2.31. The Labute approximate surface area is 103 Å². The van der Waals surface area contributed by atoms with Gasteiger partial charge in [0, 0.05) is 26.1 Å². The normalized spacial score (nSPS) is 16.5. The van der Waals surface area contributed by atoms with Crippen LogP contribution in [0.3, 0.4) is 0 Å². The standard InChI is InChI=1S/C14H20N2O/c1-3-14(15)12-5-4-11-6-7-16(10(2)17)9-13(11)8-12/h4-5,8,14H,3,6-7,9,15H2,1-2H3. The molecule has 92 valence electrons. The smallest absolute Gasteiger partial charge is 0.219 e. The first-order valence-electron chi connectivity index (χ1n) is 6.24. The number of rotatable bonds is 2. The second kappa shape index (κ2) is 4.88. The van der Waals surface area contributed by atoms with E-state index >= 15 is 0 Å². The predicted octanol–water partition coefficient (Wildman–Crippen LogP) is 2.00. The van der Waals surface area contributed by atoms with Gasteiger partial charge in [-0.3, -0.25) is 4.79 Å². The molecule has 0 fully saturated rings. The van der Waals surface area contributed by atoms with Crippen molar-refractivity contribution in [2.45, 2.75) is 39.3 Å². The lowest BCUT2D eigenvalue weighted by Gasteiger charge is -2.28. The van der Waals surface area contributed by atoms with Crippen molar-refractivity contribution in [1.82, 2.24) is 4.90 Å². The molecule has 1 aliphatic heterocycles. The summed E-state index contributed by atoms with van der Waals surface area (Å²) in [6, 6.07) is 6.56. The van der Waals surface area contributed by atoms with Gasteiger partial charge in [-0.2, -0.15) is 0 Å². The van der Waals surface area contributed by atoms with Crippen LogP contribution in [-0.4, -0.2) is 17.4 Å². The highest BCUT2D eigenvalue weighted by molar-refractivity contribution is 5.73. The molecule has 1 heterocycles. The number of carbonyl (C=O) groups excluding carboxylic acids is 1. The first kappa shape index (κ1) is 12.1. The Morgan fingerprint density at radius 3 is 2.88 bits per heavy atom. The number of fused-ring (bicyclic) bond motifs is 1. The summed E-state index contributed by atoms with van der Waals surface area (Å²) >= 11 is 0. The van der Waals surface area contributed by atoms with Crippen molar-refractivity contribution in [3.63, 3.8) is 0 Å². The first-order valence-corrected chi connectivity index (χ1v) is 6.24. The number of hydrogen-bond donors (Lipinski definition) is 1. The molecule has 2 rings (SSSR count). The molecule has 1 amide bonds. The second-order valence-electron chi connectivity index (χ2n) is 4.73. The van der Waals surface area contributed by atoms with Crippen LogP contribution in [-0.2, 0) is 17.8 Å². The third kappa shape index (κ3) is 2.50. The van der Waals surface area contributed by atoms with Crippen LogP contribution in [0.25, 0.3) is 0 Å². The van der Waals surface area contributed by atoms with Crippen LogP contribution in [0.4, 0.5) is 0 Å². The van der Waals surface area contributed by atoms with Gasteiger partial charge in [-0.1, -0.05) is 25.1 Å². The van der Waals surface area contributed by atoms with Crippen LogP contribution in [0.1, 0.15) is 43.0 Å². The van der Waals surface area contributed by atoms with Crippen LogP contribution < -0.4 is 5.73 Å². The van der Waals surface area contributed by atoms with Gasteiger partial charge in [0.15, 0.2) is 0 Å². The first-order chi connectivity index (χ1) is 8.11. The molecule has 3 heteroatoms. The highest BCUT2D eigenvalue weighted by atomic mass is 16.2. The molecule has 1 aromatic rings. The monoisotopic (exact) mass is 232 g/mol. The third-order valence-electron chi connectivity index (χ3n) is 3.56. The lowest BCUT2D eigenvalue weighted by molar-refractivity contribution is -0.129. The van der Waals surface area contributed by atoms with E-state index in [9.17, 15) is 4.79 Å². The zero-order chi connectivity index (χ0) is 12.4. The van der Waals surface area contributed by atoms with Gasteiger partial charge < -0.3 is 10.6 Å². The van der Waals surface area contributed by atoms with Gasteiger partial charge >= 0.3 is 0 Å². The Bertz CT molecular complexity index is 428. The number of nitrogens with two attached hydrogens (primary N) is 1. The molecule has 3 nitrogen and oxygen atoms in total. The zero-order valence-corrected chi connectivity index (χ0v) is 10.6. The van der Waals surface area contributed by atoms with Gasteiger partial charge in [-0.05, 0) is 29.5 Å². The lowest BCUT2D eigenvalue weighted by Crippen LogP contribution is -2.34. The van der Waals surface area contributed by atoms with Gasteiger partial charge in [-0.15, -0.1) is 0 Å². The Kier molecular flexibility index (Phi) is 3.48. The highest BCUT2D eigenvalue weighted by Crippen LogP contribution is 2.23. The highest BCUT2D eigenvalue weighted by Gasteiger charge is 2.18. The maximum Gasteiger partial charge on any atom is 0.219 e. The van der Waals surface area contributed by atoms with Crippen molar-refractivity contribution >= 4 is 5.91 Å². The van der Waals surface area contributed by atoms with Crippen LogP contribution >= 0.6 is 0 Å². The Morgan fingerprint density at radius 1 is 1.47 bits per heavy atom. The molecule has 0 aromatic heterocycles. The third-order valence-corrected chi connectivity index (χ3v) is 3.56. The molecule has 1 aromatic carbocycles. The molecule has 2 N–H and O–H groups in total. The lowest BCUT2D eigenvalue weighted by atomic mass is 9.94. The maximum absolute atomic E-state index is 11.4. The Morgan fingerprint density at radius 2 is 2.24 bits per heavy atom. The molecule has 0 radical (unpaired) electrons. The van der Waals surface area contributed by atoms with Crippen LogP contribution in [0.2, 0.25) is 0 Å². The summed E-state index contributed by atoms with van der Waals surface area (Å²) in [7, 11) is 0. The summed E-state index contributed by atoms with van der Waals surface area (Å²) in [5.74, 6) is 0.154. The van der Waals surface area contributed by atoms with Crippen LogP contribution in [0, 0.1) is 0 Å². The van der Waals surface area contributed by atoms with Gasteiger partial charge in [0.25, 0.3) is 0 Å². The largest absolute Gasteiger partial charge is 0.338 e. The van der Waals surface area contributed by atoms with E-state index in [4.69, 9.17) is 5.73 Å². The van der Waals surface area contributed by atoms with E-state index in [1.165, 1.54) is 16.7 Å². The molecule has 0 spiro atoms. The average molecular weight is 232 g/mol. The number of amides is 1. The number of benzene rings is 1. The summed E-state index contributed by atoms with van der Waals surface area (Å²) in [4.78, 5) is 13.3. The van der Waals surface area contributed by atoms with E-state index in [0.29, 0.717) is 0 Å². The fraction of sp³-hybridized carbons (Fsp3) is 0.500. The molecular formula is C14H20N2O. The molecule has 0 saturated heterocycles. The van der Waals surface area contributed by atoms with E-state index in [2.05, 4.69) is 25.1 Å². The van der Waals surface area contributed by atoms with E-state index < -0.39 is 0 Å². The van der Waals surface area contributed by atoms with Crippen LogP contribution in [0.15, 0.2) is 18.2 Å². The van der Waals surface area contributed by atoms with Gasteiger partial charge in [-0.25, -0.2) is 0 Å². The number of hydrogen-bond acceptors (Lipinski definition) is 2. The predicted molar refractivity (Wildman–Crippen MR) is 68.5 cm³/mol. The maximum atomic E-state index is 11.4. The summed E-state index contributed by atoms with van der Waals surface area (Å²) in [5, 5.41) is 0. The SMILES string of the molecule is CCC(N)c1ccc2c(c1)CN(C(C)=O)CC2. The fourth-order valence-electron chi connectivity index (χ4n) is 2.31. The minimum Gasteiger partial charge on any atom is -0.338 e. The van der Waals surface area contributed by atoms with Gasteiger partial charge in [0.05, 0.1) is 0 Å². The van der Waals surface area contributed by atoms with Gasteiger partial charge in [0.1, 0.15) is 0 Å². The molecule has 1 aliphatic rings. The van der Waals surface area contributed by atoms with Crippen molar-refractivity contribution in [3.05, 3.63) is 34.9 Å².